The Kier molecular flexibility index (Phi) is 4.10. The van der Waals surface area contributed by atoms with Crippen LogP contribution in [0.2, 0.25) is 0 Å². The average Bonchev–Trinajstić information content (AvgIpc) is 2.30. The molecule has 0 saturated carbocycles. The summed E-state index contributed by atoms with van der Waals surface area (Å²) < 4.78 is 0. The van der Waals surface area contributed by atoms with Gasteiger partial charge >= 0.3 is 0 Å². The van der Waals surface area contributed by atoms with E-state index in [2.05, 4.69) is 24.0 Å². The summed E-state index contributed by atoms with van der Waals surface area (Å²) in [5, 5.41) is 1.12. The molecule has 0 fully saturated rings. The lowest BCUT2D eigenvalue weighted by molar-refractivity contribution is 1.14. The van der Waals surface area contributed by atoms with Crippen molar-refractivity contribution in [2.75, 3.05) is 5.73 Å². The summed E-state index contributed by atoms with van der Waals surface area (Å²) in [5.74, 6) is 0. The number of nitrogens with zero attached hydrogens (tertiary/aromatic N) is 1. The van der Waals surface area contributed by atoms with E-state index in [1.807, 2.05) is 26.0 Å². The van der Waals surface area contributed by atoms with Gasteiger partial charge in [0.2, 0.25) is 0 Å². The molecule has 2 aromatic rings. The molecule has 2 nitrogen and oxygen atoms in total. The van der Waals surface area contributed by atoms with Gasteiger partial charge in [0, 0.05) is 5.39 Å². The molecule has 0 unspecified atom stereocenters. The molecule has 0 spiro atoms. The summed E-state index contributed by atoms with van der Waals surface area (Å²) in [7, 11) is 0. The van der Waals surface area contributed by atoms with Crippen molar-refractivity contribution in [1.82, 2.24) is 4.98 Å². The highest BCUT2D eigenvalue weighted by molar-refractivity contribution is 5.81. The summed E-state index contributed by atoms with van der Waals surface area (Å²) in [6.45, 7) is 6.14. The molecule has 0 aliphatic carbocycles. The molecule has 0 atom stereocenters. The molecule has 15 heavy (non-hydrogen) atoms. The zero-order chi connectivity index (χ0) is 11.3. The van der Waals surface area contributed by atoms with Gasteiger partial charge in [-0.2, -0.15) is 0 Å². The molecule has 1 aromatic carbocycles. The van der Waals surface area contributed by atoms with Gasteiger partial charge in [0.1, 0.15) is 0 Å². The number of pyridine rings is 1. The van der Waals surface area contributed by atoms with Crippen LogP contribution in [0, 0.1) is 0 Å². The molecule has 0 aliphatic rings. The second-order valence-electron chi connectivity index (χ2n) is 3.15. The first-order chi connectivity index (χ1) is 7.29. The highest BCUT2D eigenvalue weighted by atomic mass is 14.7. The fourth-order valence-electron chi connectivity index (χ4n) is 1.42. The highest BCUT2D eigenvalue weighted by Gasteiger charge is 1.96. The number of rotatable bonds is 1. The third kappa shape index (κ3) is 2.69. The zero-order valence-corrected chi connectivity index (χ0v) is 9.62. The van der Waals surface area contributed by atoms with E-state index in [9.17, 15) is 0 Å². The van der Waals surface area contributed by atoms with Crippen molar-refractivity contribution in [3.05, 3.63) is 36.0 Å². The van der Waals surface area contributed by atoms with Crippen molar-refractivity contribution in [2.45, 2.75) is 27.2 Å². The van der Waals surface area contributed by atoms with Crippen LogP contribution in [0.15, 0.2) is 30.5 Å². The van der Waals surface area contributed by atoms with E-state index in [0.717, 1.165) is 23.0 Å². The van der Waals surface area contributed by atoms with E-state index in [1.165, 1.54) is 5.56 Å². The number of anilines is 1. The van der Waals surface area contributed by atoms with Crippen LogP contribution < -0.4 is 5.73 Å². The van der Waals surface area contributed by atoms with E-state index >= 15 is 0 Å². The highest BCUT2D eigenvalue weighted by Crippen LogP contribution is 2.16. The van der Waals surface area contributed by atoms with Gasteiger partial charge in [-0.1, -0.05) is 26.8 Å². The molecule has 0 amide bonds. The van der Waals surface area contributed by atoms with E-state index in [-0.39, 0.29) is 0 Å². The molecule has 80 valence electrons. The quantitative estimate of drug-likeness (QED) is 0.769. The Balaban J connectivity index is 0.000000531. The fraction of sp³-hybridized carbons (Fsp3) is 0.308. The van der Waals surface area contributed by atoms with Gasteiger partial charge in [0.05, 0.1) is 17.4 Å². The molecule has 0 radical (unpaired) electrons. The van der Waals surface area contributed by atoms with Gasteiger partial charge in [-0.25, -0.2) is 0 Å². The normalized spacial score (nSPS) is 9.53. The van der Waals surface area contributed by atoms with Crippen molar-refractivity contribution in [2.24, 2.45) is 0 Å². The number of aromatic nitrogens is 1. The Morgan fingerprint density at radius 2 is 1.93 bits per heavy atom. The Morgan fingerprint density at radius 1 is 1.20 bits per heavy atom. The van der Waals surface area contributed by atoms with Crippen LogP contribution in [-0.4, -0.2) is 4.98 Å². The van der Waals surface area contributed by atoms with Gasteiger partial charge in [0.15, 0.2) is 0 Å². The average molecular weight is 202 g/mol. The van der Waals surface area contributed by atoms with E-state index in [0.29, 0.717) is 0 Å². The monoisotopic (exact) mass is 202 g/mol. The van der Waals surface area contributed by atoms with Crippen LogP contribution in [0.3, 0.4) is 0 Å². The fourth-order valence-corrected chi connectivity index (χ4v) is 1.42. The first-order valence-electron chi connectivity index (χ1n) is 5.44. The molecular weight excluding hydrogens is 184 g/mol. The molecule has 1 aromatic heterocycles. The topological polar surface area (TPSA) is 38.9 Å². The minimum absolute atomic E-state index is 0.723. The van der Waals surface area contributed by atoms with Crippen LogP contribution in [0.1, 0.15) is 26.3 Å². The number of hydrogen-bond acceptors (Lipinski definition) is 2. The lowest BCUT2D eigenvalue weighted by Gasteiger charge is -2.01. The predicted molar refractivity (Wildman–Crippen MR) is 66.9 cm³/mol. The number of fused-ring (bicyclic) bond motifs is 1. The second kappa shape index (κ2) is 5.35. The maximum Gasteiger partial charge on any atom is 0.0703 e. The molecule has 2 N–H and O–H groups in total. The van der Waals surface area contributed by atoms with Gasteiger partial charge in [-0.3, -0.25) is 4.98 Å². The predicted octanol–water partition coefficient (Wildman–Crippen LogP) is 3.41. The SMILES string of the molecule is CC.CCc1ccc2ncc(N)cc2c1. The van der Waals surface area contributed by atoms with Gasteiger partial charge < -0.3 is 5.73 Å². The molecule has 2 heteroatoms. The van der Waals surface area contributed by atoms with Crippen molar-refractivity contribution < 1.29 is 0 Å². The minimum Gasteiger partial charge on any atom is -0.397 e. The Labute approximate surface area is 91.1 Å². The third-order valence-electron chi connectivity index (χ3n) is 2.18. The van der Waals surface area contributed by atoms with Gasteiger partial charge in [-0.05, 0) is 30.2 Å². The van der Waals surface area contributed by atoms with Gasteiger partial charge in [-0.15, -0.1) is 0 Å². The molecule has 2 rings (SSSR count). The third-order valence-corrected chi connectivity index (χ3v) is 2.18. The summed E-state index contributed by atoms with van der Waals surface area (Å²) in [6, 6.07) is 8.24. The van der Waals surface area contributed by atoms with Gasteiger partial charge in [0.25, 0.3) is 0 Å². The molecule has 1 heterocycles. The Hall–Kier alpha value is -1.57. The summed E-state index contributed by atoms with van der Waals surface area (Å²) in [5.41, 5.74) is 8.70. The second-order valence-corrected chi connectivity index (χ2v) is 3.15. The first kappa shape index (κ1) is 11.5. The number of benzene rings is 1. The maximum atomic E-state index is 5.65. The van der Waals surface area contributed by atoms with E-state index < -0.39 is 0 Å². The first-order valence-corrected chi connectivity index (χ1v) is 5.44. The Bertz CT molecular complexity index is 435. The number of aryl methyl sites for hydroxylation is 1. The summed E-state index contributed by atoms with van der Waals surface area (Å²) >= 11 is 0. The Morgan fingerprint density at radius 3 is 2.60 bits per heavy atom. The van der Waals surface area contributed by atoms with Crippen molar-refractivity contribution >= 4 is 16.6 Å². The number of hydrogen-bond donors (Lipinski definition) is 1. The van der Waals surface area contributed by atoms with E-state index in [1.54, 1.807) is 6.20 Å². The lowest BCUT2D eigenvalue weighted by atomic mass is 10.1. The molecular formula is C13H18N2. The van der Waals surface area contributed by atoms with Crippen LogP contribution in [-0.2, 0) is 6.42 Å². The minimum atomic E-state index is 0.723. The molecule has 0 saturated heterocycles. The van der Waals surface area contributed by atoms with Crippen LogP contribution in [0.25, 0.3) is 10.9 Å². The number of nitrogen functional groups attached to an aromatic ring is 1. The van der Waals surface area contributed by atoms with E-state index in [4.69, 9.17) is 5.73 Å². The van der Waals surface area contributed by atoms with Crippen LogP contribution in [0.5, 0.6) is 0 Å². The molecule has 0 aliphatic heterocycles. The smallest absolute Gasteiger partial charge is 0.0703 e. The largest absolute Gasteiger partial charge is 0.397 e. The summed E-state index contributed by atoms with van der Waals surface area (Å²) in [6.07, 6.45) is 2.73. The maximum absolute atomic E-state index is 5.65. The van der Waals surface area contributed by atoms with Crippen LogP contribution in [0.4, 0.5) is 5.69 Å². The standard InChI is InChI=1S/C11H12N2.C2H6/c1-2-8-3-4-11-9(5-8)6-10(12)7-13-11;1-2/h3-7H,2,12H2,1H3;1-2H3. The lowest BCUT2D eigenvalue weighted by Crippen LogP contribution is -1.88. The molecule has 0 bridgehead atoms. The zero-order valence-electron chi connectivity index (χ0n) is 9.62. The van der Waals surface area contributed by atoms with Crippen LogP contribution >= 0.6 is 0 Å². The summed E-state index contributed by atoms with van der Waals surface area (Å²) in [4.78, 5) is 4.23. The number of nitrogens with two attached hydrogens (primary N) is 1. The van der Waals surface area contributed by atoms with Crippen molar-refractivity contribution in [3.63, 3.8) is 0 Å². The van der Waals surface area contributed by atoms with Crippen molar-refractivity contribution in [1.29, 1.82) is 0 Å². The van der Waals surface area contributed by atoms with Crippen molar-refractivity contribution in [3.8, 4) is 0 Å².